The van der Waals surface area contributed by atoms with Gasteiger partial charge in [0, 0.05) is 32.0 Å². The first kappa shape index (κ1) is 15.2. The van der Waals surface area contributed by atoms with Crippen molar-refractivity contribution in [1.82, 2.24) is 9.88 Å². The van der Waals surface area contributed by atoms with E-state index in [4.69, 9.17) is 15.2 Å². The molecular weight excluding hydrogens is 254 g/mol. The van der Waals surface area contributed by atoms with Crippen LogP contribution in [0.25, 0.3) is 0 Å². The van der Waals surface area contributed by atoms with E-state index in [2.05, 4.69) is 16.0 Å². The Labute approximate surface area is 121 Å². The highest BCUT2D eigenvalue weighted by Crippen LogP contribution is 2.29. The van der Waals surface area contributed by atoms with Crippen LogP contribution >= 0.6 is 0 Å². The molecular formula is C15H25N3O2. The molecule has 1 saturated heterocycles. The maximum absolute atomic E-state index is 6.40. The van der Waals surface area contributed by atoms with Crippen molar-refractivity contribution < 1.29 is 9.47 Å². The predicted octanol–water partition coefficient (Wildman–Crippen LogP) is 1.59. The second-order valence-electron chi connectivity index (χ2n) is 5.27. The lowest BCUT2D eigenvalue weighted by Gasteiger charge is -2.33. The fraction of sp³-hybridized carbons (Fsp3) is 0.667. The third kappa shape index (κ3) is 3.69. The van der Waals surface area contributed by atoms with Gasteiger partial charge >= 0.3 is 0 Å². The summed E-state index contributed by atoms with van der Waals surface area (Å²) < 4.78 is 10.3. The van der Waals surface area contributed by atoms with Gasteiger partial charge in [-0.25, -0.2) is 4.98 Å². The zero-order chi connectivity index (χ0) is 14.4. The number of pyridine rings is 1. The molecule has 0 bridgehead atoms. The fourth-order valence-electron chi connectivity index (χ4n) is 2.87. The quantitative estimate of drug-likeness (QED) is 0.887. The van der Waals surface area contributed by atoms with Crippen LogP contribution in [-0.2, 0) is 4.74 Å². The molecule has 2 atom stereocenters. The second kappa shape index (κ2) is 7.57. The molecule has 0 saturated carbocycles. The van der Waals surface area contributed by atoms with Crippen molar-refractivity contribution >= 4 is 0 Å². The average molecular weight is 279 g/mol. The van der Waals surface area contributed by atoms with Crippen LogP contribution < -0.4 is 10.5 Å². The second-order valence-corrected chi connectivity index (χ2v) is 5.27. The van der Waals surface area contributed by atoms with Gasteiger partial charge in [-0.2, -0.15) is 0 Å². The van der Waals surface area contributed by atoms with Crippen molar-refractivity contribution in [3.8, 4) is 5.88 Å². The van der Waals surface area contributed by atoms with Gasteiger partial charge in [-0.1, -0.05) is 12.5 Å². The molecule has 2 N–H and O–H groups in total. The van der Waals surface area contributed by atoms with E-state index in [0.717, 1.165) is 31.7 Å². The van der Waals surface area contributed by atoms with Gasteiger partial charge in [-0.05, 0) is 24.9 Å². The zero-order valence-electron chi connectivity index (χ0n) is 12.4. The Kier molecular flexibility index (Phi) is 5.76. The summed E-state index contributed by atoms with van der Waals surface area (Å²) in [5.74, 6) is 0.638. The van der Waals surface area contributed by atoms with Crippen molar-refractivity contribution in [2.45, 2.75) is 31.3 Å². The number of nitrogens with zero attached hydrogens (tertiary/aromatic N) is 2. The van der Waals surface area contributed by atoms with Crippen LogP contribution in [0.1, 0.15) is 30.9 Å². The van der Waals surface area contributed by atoms with E-state index in [0.29, 0.717) is 5.88 Å². The summed E-state index contributed by atoms with van der Waals surface area (Å²) in [4.78, 5) is 6.74. The van der Waals surface area contributed by atoms with Crippen molar-refractivity contribution in [2.75, 3.05) is 33.9 Å². The first-order chi connectivity index (χ1) is 9.76. The number of nitrogens with two attached hydrogens (primary N) is 1. The number of rotatable bonds is 5. The van der Waals surface area contributed by atoms with Crippen molar-refractivity contribution in [3.05, 3.63) is 23.9 Å². The third-order valence-electron chi connectivity index (χ3n) is 3.92. The summed E-state index contributed by atoms with van der Waals surface area (Å²) in [6.45, 7) is 2.70. The monoisotopic (exact) mass is 279 g/mol. The first-order valence-electron chi connectivity index (χ1n) is 7.24. The standard InChI is InChI=1S/C15H25N3O2/c1-19-10-9-18-8-4-3-5-13(16)15(18)12-6-7-14(20-2)17-11-12/h6-7,11,13,15H,3-5,8-10,16H2,1-2H3. The number of aromatic nitrogens is 1. The van der Waals surface area contributed by atoms with Crippen molar-refractivity contribution in [2.24, 2.45) is 5.73 Å². The molecule has 2 rings (SSSR count). The number of hydrogen-bond acceptors (Lipinski definition) is 5. The van der Waals surface area contributed by atoms with Crippen molar-refractivity contribution in [1.29, 1.82) is 0 Å². The molecule has 20 heavy (non-hydrogen) atoms. The SMILES string of the molecule is COCCN1CCCCC(N)C1c1ccc(OC)nc1. The first-order valence-corrected chi connectivity index (χ1v) is 7.24. The van der Waals surface area contributed by atoms with Crippen LogP contribution in [0.15, 0.2) is 18.3 Å². The van der Waals surface area contributed by atoms with E-state index in [-0.39, 0.29) is 12.1 Å². The summed E-state index contributed by atoms with van der Waals surface area (Å²) in [5, 5.41) is 0. The smallest absolute Gasteiger partial charge is 0.212 e. The highest BCUT2D eigenvalue weighted by atomic mass is 16.5. The summed E-state index contributed by atoms with van der Waals surface area (Å²) >= 11 is 0. The highest BCUT2D eigenvalue weighted by molar-refractivity contribution is 5.22. The minimum Gasteiger partial charge on any atom is -0.481 e. The lowest BCUT2D eigenvalue weighted by molar-refractivity contribution is 0.115. The molecule has 0 aliphatic carbocycles. The molecule has 0 aromatic carbocycles. The fourth-order valence-corrected chi connectivity index (χ4v) is 2.87. The van der Waals surface area contributed by atoms with Gasteiger partial charge in [-0.15, -0.1) is 0 Å². The Balaban J connectivity index is 2.19. The molecule has 0 amide bonds. The van der Waals surface area contributed by atoms with Gasteiger partial charge in [-0.3, -0.25) is 4.90 Å². The number of methoxy groups -OCH3 is 2. The summed E-state index contributed by atoms with van der Waals surface area (Å²) in [7, 11) is 3.37. The number of ether oxygens (including phenoxy) is 2. The molecule has 5 heteroatoms. The minimum absolute atomic E-state index is 0.143. The Morgan fingerprint density at radius 2 is 2.20 bits per heavy atom. The number of hydrogen-bond donors (Lipinski definition) is 1. The maximum atomic E-state index is 6.40. The van der Waals surface area contributed by atoms with Crippen LogP contribution in [0.5, 0.6) is 5.88 Å². The third-order valence-corrected chi connectivity index (χ3v) is 3.92. The van der Waals surface area contributed by atoms with E-state index < -0.39 is 0 Å². The molecule has 112 valence electrons. The van der Waals surface area contributed by atoms with Crippen LogP contribution in [0.2, 0.25) is 0 Å². The van der Waals surface area contributed by atoms with Crippen LogP contribution in [0.3, 0.4) is 0 Å². The Morgan fingerprint density at radius 3 is 2.85 bits per heavy atom. The lowest BCUT2D eigenvalue weighted by Crippen LogP contribution is -2.41. The summed E-state index contributed by atoms with van der Waals surface area (Å²) in [6.07, 6.45) is 5.32. The Hall–Kier alpha value is -1.17. The predicted molar refractivity (Wildman–Crippen MR) is 78.8 cm³/mol. The number of likely N-dealkylation sites (tertiary alicyclic amines) is 1. The average Bonchev–Trinajstić information content (AvgIpc) is 2.67. The maximum Gasteiger partial charge on any atom is 0.212 e. The van der Waals surface area contributed by atoms with E-state index in [1.807, 2.05) is 12.3 Å². The Bertz CT molecular complexity index is 397. The van der Waals surface area contributed by atoms with Crippen LogP contribution in [0, 0.1) is 0 Å². The molecule has 2 heterocycles. The van der Waals surface area contributed by atoms with E-state index in [1.165, 1.54) is 12.8 Å². The van der Waals surface area contributed by atoms with Gasteiger partial charge in [0.25, 0.3) is 0 Å². The molecule has 1 aliphatic heterocycles. The van der Waals surface area contributed by atoms with Gasteiger partial charge in [0.05, 0.1) is 19.8 Å². The highest BCUT2D eigenvalue weighted by Gasteiger charge is 2.28. The molecule has 2 unspecified atom stereocenters. The summed E-state index contributed by atoms with van der Waals surface area (Å²) in [5.41, 5.74) is 7.57. The molecule has 0 radical (unpaired) electrons. The van der Waals surface area contributed by atoms with E-state index in [1.54, 1.807) is 14.2 Å². The van der Waals surface area contributed by atoms with Gasteiger partial charge in [0.1, 0.15) is 0 Å². The van der Waals surface area contributed by atoms with Gasteiger partial charge < -0.3 is 15.2 Å². The van der Waals surface area contributed by atoms with Gasteiger partial charge in [0.2, 0.25) is 5.88 Å². The zero-order valence-corrected chi connectivity index (χ0v) is 12.4. The molecule has 1 fully saturated rings. The lowest BCUT2D eigenvalue weighted by atomic mass is 9.97. The summed E-state index contributed by atoms with van der Waals surface area (Å²) in [6, 6.07) is 4.33. The van der Waals surface area contributed by atoms with E-state index in [9.17, 15) is 0 Å². The molecule has 1 aliphatic rings. The minimum atomic E-state index is 0.143. The van der Waals surface area contributed by atoms with Gasteiger partial charge in [0.15, 0.2) is 0 Å². The Morgan fingerprint density at radius 1 is 1.35 bits per heavy atom. The molecule has 5 nitrogen and oxygen atoms in total. The molecule has 0 spiro atoms. The van der Waals surface area contributed by atoms with E-state index >= 15 is 0 Å². The molecule has 1 aromatic rings. The topological polar surface area (TPSA) is 60.6 Å². The largest absolute Gasteiger partial charge is 0.481 e. The molecule has 1 aromatic heterocycles. The van der Waals surface area contributed by atoms with Crippen molar-refractivity contribution in [3.63, 3.8) is 0 Å². The van der Waals surface area contributed by atoms with Crippen LogP contribution in [-0.4, -0.2) is 49.8 Å². The normalized spacial score (nSPS) is 24.4. The van der Waals surface area contributed by atoms with Crippen LogP contribution in [0.4, 0.5) is 0 Å².